The lowest BCUT2D eigenvalue weighted by atomic mass is 9.76. The van der Waals surface area contributed by atoms with Crippen molar-refractivity contribution >= 4 is 18.3 Å². The van der Waals surface area contributed by atoms with Gasteiger partial charge in [-0.05, 0) is 40.1 Å². The topological polar surface area (TPSA) is 61.6 Å². The highest BCUT2D eigenvalue weighted by Gasteiger charge is 2.52. The van der Waals surface area contributed by atoms with Crippen LogP contribution in [-0.2, 0) is 9.31 Å². The minimum absolute atomic E-state index is 0.0512. The van der Waals surface area contributed by atoms with Crippen LogP contribution in [0.1, 0.15) is 33.3 Å². The van der Waals surface area contributed by atoms with Crippen molar-refractivity contribution in [2.75, 3.05) is 0 Å². The van der Waals surface area contributed by atoms with Gasteiger partial charge >= 0.3 is 7.12 Å². The lowest BCUT2D eigenvalue weighted by Crippen LogP contribution is -2.41. The Morgan fingerprint density at radius 2 is 1.68 bits per heavy atom. The Morgan fingerprint density at radius 1 is 1.16 bits per heavy atom. The smallest absolute Gasteiger partial charge is 0.399 e. The molecule has 1 aromatic rings. The van der Waals surface area contributed by atoms with Crippen LogP contribution in [0.15, 0.2) is 18.2 Å². The van der Waals surface area contributed by atoms with E-state index in [0.29, 0.717) is 5.46 Å². The van der Waals surface area contributed by atoms with Crippen molar-refractivity contribution in [3.05, 3.63) is 33.9 Å². The van der Waals surface area contributed by atoms with Gasteiger partial charge in [-0.15, -0.1) is 0 Å². The van der Waals surface area contributed by atoms with E-state index in [1.165, 1.54) is 12.1 Å². The molecule has 19 heavy (non-hydrogen) atoms. The standard InChI is InChI=1S/C13H18BNO4/c1-9-6-7-10(15(16)17)8-11(9)14-18-12(2,3)13(4,5)19-14/h6-8H,1-5H3. The van der Waals surface area contributed by atoms with Crippen LogP contribution in [0.4, 0.5) is 5.69 Å². The molecule has 0 atom stereocenters. The molecule has 0 amide bonds. The van der Waals surface area contributed by atoms with Crippen molar-refractivity contribution in [2.45, 2.75) is 45.8 Å². The Labute approximate surface area is 113 Å². The molecule has 6 heteroatoms. The van der Waals surface area contributed by atoms with E-state index >= 15 is 0 Å². The van der Waals surface area contributed by atoms with Gasteiger partial charge in [0.25, 0.3) is 5.69 Å². The van der Waals surface area contributed by atoms with Crippen molar-refractivity contribution in [2.24, 2.45) is 0 Å². The van der Waals surface area contributed by atoms with Crippen molar-refractivity contribution < 1.29 is 14.2 Å². The number of hydrogen-bond acceptors (Lipinski definition) is 4. The van der Waals surface area contributed by atoms with E-state index in [4.69, 9.17) is 9.31 Å². The van der Waals surface area contributed by atoms with Crippen LogP contribution in [0.2, 0.25) is 0 Å². The summed E-state index contributed by atoms with van der Waals surface area (Å²) in [6.45, 7) is 9.73. The van der Waals surface area contributed by atoms with Crippen LogP contribution in [0, 0.1) is 17.0 Å². The van der Waals surface area contributed by atoms with Crippen LogP contribution in [0.3, 0.4) is 0 Å². The first kappa shape index (κ1) is 14.0. The Hall–Kier alpha value is -1.40. The number of hydrogen-bond donors (Lipinski definition) is 0. The van der Waals surface area contributed by atoms with Gasteiger partial charge in [0.15, 0.2) is 0 Å². The minimum Gasteiger partial charge on any atom is -0.399 e. The van der Waals surface area contributed by atoms with Gasteiger partial charge in [0.1, 0.15) is 0 Å². The molecule has 1 aliphatic heterocycles. The van der Waals surface area contributed by atoms with Gasteiger partial charge in [0, 0.05) is 12.1 Å². The second-order valence-corrected chi connectivity index (χ2v) is 5.89. The fourth-order valence-corrected chi connectivity index (χ4v) is 1.97. The second kappa shape index (κ2) is 4.32. The van der Waals surface area contributed by atoms with Gasteiger partial charge in [-0.25, -0.2) is 0 Å². The largest absolute Gasteiger partial charge is 0.495 e. The van der Waals surface area contributed by atoms with E-state index in [-0.39, 0.29) is 5.69 Å². The summed E-state index contributed by atoms with van der Waals surface area (Å²) in [6, 6.07) is 4.74. The van der Waals surface area contributed by atoms with E-state index in [1.807, 2.05) is 34.6 Å². The van der Waals surface area contributed by atoms with Gasteiger partial charge in [0.2, 0.25) is 0 Å². The third kappa shape index (κ3) is 2.38. The number of rotatable bonds is 2. The van der Waals surface area contributed by atoms with Crippen LogP contribution in [0.5, 0.6) is 0 Å². The molecular formula is C13H18BNO4. The summed E-state index contributed by atoms with van der Waals surface area (Å²) < 4.78 is 11.8. The van der Waals surface area contributed by atoms with Crippen LogP contribution < -0.4 is 5.46 Å². The Kier molecular flexibility index (Phi) is 3.19. The Bertz CT molecular complexity index is 511. The zero-order valence-electron chi connectivity index (χ0n) is 11.9. The monoisotopic (exact) mass is 263 g/mol. The number of benzene rings is 1. The molecule has 2 rings (SSSR count). The normalized spacial score (nSPS) is 20.6. The van der Waals surface area contributed by atoms with E-state index in [1.54, 1.807) is 6.07 Å². The summed E-state index contributed by atoms with van der Waals surface area (Å²) in [5, 5.41) is 10.9. The first-order valence-electron chi connectivity index (χ1n) is 6.25. The van der Waals surface area contributed by atoms with Crippen molar-refractivity contribution in [3.63, 3.8) is 0 Å². The first-order valence-corrected chi connectivity index (χ1v) is 6.25. The highest BCUT2D eigenvalue weighted by molar-refractivity contribution is 6.62. The molecule has 1 saturated heterocycles. The molecule has 1 aliphatic rings. The summed E-state index contributed by atoms with van der Waals surface area (Å²) in [5.41, 5.74) is 0.788. The molecule has 0 radical (unpaired) electrons. The fraction of sp³-hybridized carbons (Fsp3) is 0.538. The maximum absolute atomic E-state index is 10.9. The summed E-state index contributed by atoms with van der Waals surface area (Å²) >= 11 is 0. The highest BCUT2D eigenvalue weighted by Crippen LogP contribution is 2.36. The number of nitro benzene ring substituents is 1. The summed E-state index contributed by atoms with van der Waals surface area (Å²) in [7, 11) is -0.565. The number of nitro groups is 1. The van der Waals surface area contributed by atoms with E-state index in [0.717, 1.165) is 5.56 Å². The molecule has 0 bridgehead atoms. The third-order valence-corrected chi connectivity index (χ3v) is 3.98. The van der Waals surface area contributed by atoms with Gasteiger partial charge in [-0.2, -0.15) is 0 Å². The van der Waals surface area contributed by atoms with Crippen LogP contribution >= 0.6 is 0 Å². The maximum atomic E-state index is 10.9. The first-order chi connectivity index (χ1) is 8.64. The average Bonchev–Trinajstić information content (AvgIpc) is 2.48. The molecule has 1 fully saturated rings. The number of aryl methyl sites for hydroxylation is 1. The molecule has 0 spiro atoms. The predicted molar refractivity (Wildman–Crippen MR) is 73.5 cm³/mol. The molecule has 5 nitrogen and oxygen atoms in total. The molecule has 1 aromatic carbocycles. The number of non-ortho nitro benzene ring substituents is 1. The summed E-state index contributed by atoms with van der Waals surface area (Å²) in [4.78, 5) is 10.4. The quantitative estimate of drug-likeness (QED) is 0.466. The fourth-order valence-electron chi connectivity index (χ4n) is 1.97. The van der Waals surface area contributed by atoms with Crippen LogP contribution in [-0.4, -0.2) is 23.2 Å². The molecular weight excluding hydrogens is 245 g/mol. The average molecular weight is 263 g/mol. The summed E-state index contributed by atoms with van der Waals surface area (Å²) in [6.07, 6.45) is 0. The van der Waals surface area contributed by atoms with E-state index in [9.17, 15) is 10.1 Å². The zero-order chi connectivity index (χ0) is 14.4. The zero-order valence-corrected chi connectivity index (χ0v) is 11.9. The SMILES string of the molecule is Cc1ccc([N+](=O)[O-])cc1B1OC(C)(C)C(C)(C)O1. The number of nitrogens with zero attached hydrogens (tertiary/aromatic N) is 1. The van der Waals surface area contributed by atoms with Gasteiger partial charge in [-0.1, -0.05) is 11.6 Å². The molecule has 0 aliphatic carbocycles. The molecule has 1 heterocycles. The third-order valence-electron chi connectivity index (χ3n) is 3.98. The van der Waals surface area contributed by atoms with Crippen molar-refractivity contribution in [1.82, 2.24) is 0 Å². The molecule has 0 unspecified atom stereocenters. The summed E-state index contributed by atoms with van der Waals surface area (Å²) in [5.74, 6) is 0. The molecule has 102 valence electrons. The van der Waals surface area contributed by atoms with Gasteiger partial charge < -0.3 is 9.31 Å². The second-order valence-electron chi connectivity index (χ2n) is 5.89. The van der Waals surface area contributed by atoms with Crippen molar-refractivity contribution in [1.29, 1.82) is 0 Å². The Balaban J connectivity index is 2.39. The molecule has 0 N–H and O–H groups in total. The predicted octanol–water partition coefficient (Wildman–Crippen LogP) is 2.20. The lowest BCUT2D eigenvalue weighted by Gasteiger charge is -2.32. The van der Waals surface area contributed by atoms with Gasteiger partial charge in [0.05, 0.1) is 16.1 Å². The maximum Gasteiger partial charge on any atom is 0.495 e. The van der Waals surface area contributed by atoms with E-state index in [2.05, 4.69) is 0 Å². The van der Waals surface area contributed by atoms with Gasteiger partial charge in [-0.3, -0.25) is 10.1 Å². The van der Waals surface area contributed by atoms with E-state index < -0.39 is 23.2 Å². The highest BCUT2D eigenvalue weighted by atomic mass is 16.7. The van der Waals surface area contributed by atoms with Crippen molar-refractivity contribution in [3.8, 4) is 0 Å². The molecule has 0 saturated carbocycles. The lowest BCUT2D eigenvalue weighted by molar-refractivity contribution is -0.384. The minimum atomic E-state index is -0.565. The van der Waals surface area contributed by atoms with Crippen LogP contribution in [0.25, 0.3) is 0 Å². The molecule has 0 aromatic heterocycles. The Morgan fingerprint density at radius 3 is 2.16 bits per heavy atom.